The van der Waals surface area contributed by atoms with Crippen LogP contribution in [0.15, 0.2) is 54.6 Å². The molecule has 3 nitrogen and oxygen atoms in total. The highest BCUT2D eigenvalue weighted by molar-refractivity contribution is 6.32. The van der Waals surface area contributed by atoms with Gasteiger partial charge in [0.25, 0.3) is 0 Å². The van der Waals surface area contributed by atoms with E-state index in [9.17, 15) is 9.59 Å². The summed E-state index contributed by atoms with van der Waals surface area (Å²) in [6, 6.07) is 18.2. The Morgan fingerprint density at radius 2 is 1.45 bits per heavy atom. The minimum Gasteiger partial charge on any atom is -0.476 e. The summed E-state index contributed by atoms with van der Waals surface area (Å²) >= 11 is 0. The monoisotopic (exact) mass is 268 g/mol. The van der Waals surface area contributed by atoms with Crippen LogP contribution in [0.3, 0.4) is 0 Å². The van der Waals surface area contributed by atoms with E-state index >= 15 is 0 Å². The summed E-state index contributed by atoms with van der Waals surface area (Å²) < 4.78 is 0. The number of rotatable bonds is 6. The van der Waals surface area contributed by atoms with E-state index < -0.39 is 11.8 Å². The third-order valence-corrected chi connectivity index (χ3v) is 3.17. The van der Waals surface area contributed by atoms with Crippen molar-refractivity contribution < 1.29 is 14.7 Å². The Balaban J connectivity index is 1.92. The van der Waals surface area contributed by atoms with Crippen molar-refractivity contribution in [1.82, 2.24) is 0 Å². The lowest BCUT2D eigenvalue weighted by Crippen LogP contribution is -2.12. The third kappa shape index (κ3) is 3.79. The third-order valence-electron chi connectivity index (χ3n) is 3.17. The van der Waals surface area contributed by atoms with Gasteiger partial charge in [-0.1, -0.05) is 54.6 Å². The van der Waals surface area contributed by atoms with Crippen molar-refractivity contribution in [1.29, 1.82) is 0 Å². The van der Waals surface area contributed by atoms with Crippen LogP contribution in [0.5, 0.6) is 0 Å². The summed E-state index contributed by atoms with van der Waals surface area (Å²) in [5.74, 6) is -2.06. The summed E-state index contributed by atoms with van der Waals surface area (Å²) in [6.07, 6.45) is 1.37. The standard InChI is InChI=1S/C17H16O3/c18-16(17(19)20)8-4-5-13-9-11-15(12-10-13)14-6-2-1-3-7-14/h1-3,6-7,9-12H,4-5,8H2,(H,19,20). The van der Waals surface area contributed by atoms with E-state index in [-0.39, 0.29) is 6.42 Å². The van der Waals surface area contributed by atoms with Gasteiger partial charge in [0.1, 0.15) is 0 Å². The molecule has 0 saturated heterocycles. The molecule has 0 fully saturated rings. The number of hydrogen-bond donors (Lipinski definition) is 1. The highest BCUT2D eigenvalue weighted by Gasteiger charge is 2.10. The maximum atomic E-state index is 11.0. The highest BCUT2D eigenvalue weighted by Crippen LogP contribution is 2.19. The maximum absolute atomic E-state index is 11.0. The van der Waals surface area contributed by atoms with Crippen molar-refractivity contribution in [3.05, 3.63) is 60.2 Å². The van der Waals surface area contributed by atoms with Crippen molar-refractivity contribution in [3.8, 4) is 11.1 Å². The van der Waals surface area contributed by atoms with Crippen LogP contribution in [0, 0.1) is 0 Å². The molecule has 0 aliphatic heterocycles. The summed E-state index contributed by atoms with van der Waals surface area (Å²) in [4.78, 5) is 21.4. The molecular weight excluding hydrogens is 252 g/mol. The van der Waals surface area contributed by atoms with Crippen LogP contribution in [0.1, 0.15) is 18.4 Å². The van der Waals surface area contributed by atoms with Gasteiger partial charge in [-0.05, 0) is 29.5 Å². The smallest absolute Gasteiger partial charge is 0.372 e. The number of hydrogen-bond acceptors (Lipinski definition) is 2. The summed E-state index contributed by atoms with van der Waals surface area (Å²) in [5.41, 5.74) is 3.43. The number of aryl methyl sites for hydroxylation is 1. The van der Waals surface area contributed by atoms with Gasteiger partial charge >= 0.3 is 5.97 Å². The second-order valence-electron chi connectivity index (χ2n) is 4.64. The lowest BCUT2D eigenvalue weighted by molar-refractivity contribution is -0.149. The van der Waals surface area contributed by atoms with Crippen LogP contribution in [-0.2, 0) is 16.0 Å². The van der Waals surface area contributed by atoms with Crippen molar-refractivity contribution in [2.45, 2.75) is 19.3 Å². The molecule has 0 heterocycles. The molecule has 0 saturated carbocycles. The fraction of sp³-hybridized carbons (Fsp3) is 0.176. The molecule has 0 bridgehead atoms. The molecule has 2 aromatic carbocycles. The Morgan fingerprint density at radius 3 is 2.05 bits per heavy atom. The Bertz CT molecular complexity index is 585. The molecule has 0 aliphatic rings. The van der Waals surface area contributed by atoms with Crippen LogP contribution in [0.2, 0.25) is 0 Å². The van der Waals surface area contributed by atoms with Gasteiger partial charge in [0.05, 0.1) is 0 Å². The van der Waals surface area contributed by atoms with Gasteiger partial charge in [-0.3, -0.25) is 4.79 Å². The fourth-order valence-electron chi connectivity index (χ4n) is 2.05. The van der Waals surface area contributed by atoms with E-state index in [0.717, 1.165) is 11.1 Å². The van der Waals surface area contributed by atoms with E-state index in [1.807, 2.05) is 42.5 Å². The number of carbonyl (C=O) groups excluding carboxylic acids is 1. The van der Waals surface area contributed by atoms with E-state index in [4.69, 9.17) is 5.11 Å². The summed E-state index contributed by atoms with van der Waals surface area (Å²) in [7, 11) is 0. The van der Waals surface area contributed by atoms with Crippen molar-refractivity contribution in [2.24, 2.45) is 0 Å². The average molecular weight is 268 g/mol. The highest BCUT2D eigenvalue weighted by atomic mass is 16.4. The first-order valence-corrected chi connectivity index (χ1v) is 6.57. The molecule has 0 unspecified atom stereocenters. The quantitative estimate of drug-likeness (QED) is 0.817. The molecule has 0 spiro atoms. The number of ketones is 1. The normalized spacial score (nSPS) is 10.2. The second-order valence-corrected chi connectivity index (χ2v) is 4.64. The van der Waals surface area contributed by atoms with Gasteiger partial charge in [0, 0.05) is 6.42 Å². The van der Waals surface area contributed by atoms with Crippen molar-refractivity contribution in [3.63, 3.8) is 0 Å². The first-order valence-electron chi connectivity index (χ1n) is 6.57. The SMILES string of the molecule is O=C(O)C(=O)CCCc1ccc(-c2ccccc2)cc1. The molecule has 0 amide bonds. The molecule has 0 aliphatic carbocycles. The average Bonchev–Trinajstić information content (AvgIpc) is 2.48. The first-order chi connectivity index (χ1) is 9.66. The number of aliphatic carboxylic acids is 1. The van der Waals surface area contributed by atoms with E-state index in [0.29, 0.717) is 12.8 Å². The van der Waals surface area contributed by atoms with Gasteiger partial charge in [-0.2, -0.15) is 0 Å². The lowest BCUT2D eigenvalue weighted by Gasteiger charge is -2.04. The Kier molecular flexibility index (Phi) is 4.66. The Hall–Kier alpha value is -2.42. The lowest BCUT2D eigenvalue weighted by atomic mass is 10.0. The molecule has 0 aromatic heterocycles. The molecule has 0 radical (unpaired) electrons. The molecule has 20 heavy (non-hydrogen) atoms. The molecule has 0 atom stereocenters. The minimum absolute atomic E-state index is 0.0930. The van der Waals surface area contributed by atoms with Crippen LogP contribution >= 0.6 is 0 Å². The Labute approximate surface area is 117 Å². The predicted molar refractivity (Wildman–Crippen MR) is 77.5 cm³/mol. The van der Waals surface area contributed by atoms with Crippen LogP contribution in [0.25, 0.3) is 11.1 Å². The second kappa shape index (κ2) is 6.66. The molecule has 3 heteroatoms. The maximum Gasteiger partial charge on any atom is 0.372 e. The van der Waals surface area contributed by atoms with Gasteiger partial charge in [-0.15, -0.1) is 0 Å². The molecule has 1 N–H and O–H groups in total. The largest absolute Gasteiger partial charge is 0.476 e. The van der Waals surface area contributed by atoms with Crippen LogP contribution < -0.4 is 0 Å². The summed E-state index contributed by atoms with van der Waals surface area (Å²) in [6.45, 7) is 0. The number of carbonyl (C=O) groups is 2. The van der Waals surface area contributed by atoms with E-state index in [1.165, 1.54) is 5.56 Å². The van der Waals surface area contributed by atoms with E-state index in [1.54, 1.807) is 0 Å². The van der Waals surface area contributed by atoms with E-state index in [2.05, 4.69) is 12.1 Å². The predicted octanol–water partition coefficient (Wildman–Crippen LogP) is 3.33. The van der Waals surface area contributed by atoms with Gasteiger partial charge < -0.3 is 5.11 Å². The number of benzene rings is 2. The zero-order valence-corrected chi connectivity index (χ0v) is 11.1. The van der Waals surface area contributed by atoms with Crippen LogP contribution in [-0.4, -0.2) is 16.9 Å². The van der Waals surface area contributed by atoms with Gasteiger partial charge in [0.2, 0.25) is 5.78 Å². The summed E-state index contributed by atoms with van der Waals surface area (Å²) in [5, 5.41) is 8.49. The number of carboxylic acid groups (broad SMARTS) is 1. The number of carboxylic acids is 1. The molecule has 102 valence electrons. The van der Waals surface area contributed by atoms with Gasteiger partial charge in [-0.25, -0.2) is 4.79 Å². The number of Topliss-reactive ketones (excluding diaryl/α,β-unsaturated/α-hetero) is 1. The van der Waals surface area contributed by atoms with Gasteiger partial charge in [0.15, 0.2) is 0 Å². The topological polar surface area (TPSA) is 54.4 Å². The first kappa shape index (κ1) is 14.0. The minimum atomic E-state index is -1.34. The fourth-order valence-corrected chi connectivity index (χ4v) is 2.05. The molecule has 2 aromatic rings. The zero-order chi connectivity index (χ0) is 14.4. The van der Waals surface area contributed by atoms with Crippen molar-refractivity contribution >= 4 is 11.8 Å². The van der Waals surface area contributed by atoms with Crippen molar-refractivity contribution in [2.75, 3.05) is 0 Å². The molecular formula is C17H16O3. The van der Waals surface area contributed by atoms with Crippen LogP contribution in [0.4, 0.5) is 0 Å². The Morgan fingerprint density at radius 1 is 0.850 bits per heavy atom. The zero-order valence-electron chi connectivity index (χ0n) is 11.1. The molecule has 2 rings (SSSR count).